The van der Waals surface area contributed by atoms with E-state index in [0.717, 1.165) is 19.3 Å². The second-order valence-electron chi connectivity index (χ2n) is 5.53. The van der Waals surface area contributed by atoms with Crippen LogP contribution in [0.25, 0.3) is 0 Å². The van der Waals surface area contributed by atoms with Crippen molar-refractivity contribution in [3.05, 3.63) is 35.6 Å². The van der Waals surface area contributed by atoms with Gasteiger partial charge < -0.3 is 10.4 Å². The Morgan fingerprint density at radius 2 is 2.24 bits per heavy atom. The topological polar surface area (TPSA) is 32.3 Å². The molecule has 17 heavy (non-hydrogen) atoms. The van der Waals surface area contributed by atoms with E-state index in [-0.39, 0.29) is 17.4 Å². The summed E-state index contributed by atoms with van der Waals surface area (Å²) in [5.41, 5.74) is 0.706. The third-order valence-corrected chi connectivity index (χ3v) is 3.46. The number of hydrogen-bond donors (Lipinski definition) is 2. The molecule has 0 aromatic heterocycles. The van der Waals surface area contributed by atoms with Crippen LogP contribution in [0.15, 0.2) is 24.3 Å². The van der Waals surface area contributed by atoms with Gasteiger partial charge in [-0.1, -0.05) is 12.1 Å². The van der Waals surface area contributed by atoms with Crippen LogP contribution in [0, 0.1) is 5.82 Å². The number of hydrogen-bond acceptors (Lipinski definition) is 2. The lowest BCUT2D eigenvalue weighted by atomic mass is 9.85. The van der Waals surface area contributed by atoms with Crippen molar-refractivity contribution in [2.75, 3.05) is 0 Å². The van der Waals surface area contributed by atoms with Gasteiger partial charge in [0, 0.05) is 11.6 Å². The molecule has 0 bridgehead atoms. The number of rotatable bonds is 2. The van der Waals surface area contributed by atoms with Crippen LogP contribution in [0.1, 0.15) is 44.8 Å². The highest BCUT2D eigenvalue weighted by Crippen LogP contribution is 2.29. The van der Waals surface area contributed by atoms with Gasteiger partial charge in [-0.15, -0.1) is 0 Å². The molecule has 0 aliphatic carbocycles. The van der Waals surface area contributed by atoms with Gasteiger partial charge in [0.15, 0.2) is 0 Å². The number of aliphatic hydroxyl groups excluding tert-OH is 1. The van der Waals surface area contributed by atoms with Crippen molar-refractivity contribution in [1.29, 1.82) is 0 Å². The van der Waals surface area contributed by atoms with E-state index in [2.05, 4.69) is 19.2 Å². The van der Waals surface area contributed by atoms with E-state index in [4.69, 9.17) is 0 Å². The average Bonchev–Trinajstić information content (AvgIpc) is 2.26. The van der Waals surface area contributed by atoms with Gasteiger partial charge in [0.1, 0.15) is 5.82 Å². The smallest absolute Gasteiger partial charge is 0.123 e. The number of benzene rings is 1. The maximum atomic E-state index is 13.1. The molecule has 1 heterocycles. The summed E-state index contributed by atoms with van der Waals surface area (Å²) in [4.78, 5) is 0. The van der Waals surface area contributed by atoms with Crippen LogP contribution in [0.4, 0.5) is 4.39 Å². The molecular weight excluding hydrogens is 217 g/mol. The van der Waals surface area contributed by atoms with Gasteiger partial charge in [-0.3, -0.25) is 0 Å². The van der Waals surface area contributed by atoms with E-state index >= 15 is 0 Å². The van der Waals surface area contributed by atoms with Gasteiger partial charge in [-0.2, -0.15) is 0 Å². The fraction of sp³-hybridized carbons (Fsp3) is 0.571. The average molecular weight is 237 g/mol. The highest BCUT2D eigenvalue weighted by molar-refractivity contribution is 5.20. The highest BCUT2D eigenvalue weighted by atomic mass is 19.1. The largest absolute Gasteiger partial charge is 0.387 e. The highest BCUT2D eigenvalue weighted by Gasteiger charge is 2.31. The molecule has 1 aliphatic heterocycles. The second kappa shape index (κ2) is 4.75. The van der Waals surface area contributed by atoms with E-state index < -0.39 is 6.10 Å². The molecule has 94 valence electrons. The first-order chi connectivity index (χ1) is 7.98. The Balaban J connectivity index is 2.12. The molecule has 2 nitrogen and oxygen atoms in total. The Kier molecular flexibility index (Phi) is 3.50. The summed E-state index contributed by atoms with van der Waals surface area (Å²) in [6.07, 6.45) is 2.50. The normalized spacial score (nSPS) is 25.5. The van der Waals surface area contributed by atoms with E-state index in [0.29, 0.717) is 5.56 Å². The standard InChI is InChI=1S/C14H20FNO/c1-14(2)8-4-7-12(16-14)13(17)10-5-3-6-11(15)9-10/h3,5-6,9,12-13,16-17H,4,7-8H2,1-2H3/t12-,13+/m1/s1. The van der Waals surface area contributed by atoms with Crippen LogP contribution in [0.5, 0.6) is 0 Å². The zero-order valence-corrected chi connectivity index (χ0v) is 10.4. The molecule has 1 aromatic rings. The van der Waals surface area contributed by atoms with Crippen LogP contribution in [-0.4, -0.2) is 16.7 Å². The summed E-state index contributed by atoms with van der Waals surface area (Å²) in [7, 11) is 0. The summed E-state index contributed by atoms with van der Waals surface area (Å²) in [6, 6.07) is 6.24. The lowest BCUT2D eigenvalue weighted by molar-refractivity contribution is 0.0842. The zero-order valence-electron chi connectivity index (χ0n) is 10.4. The Labute approximate surface area is 102 Å². The molecular formula is C14H20FNO. The predicted octanol–water partition coefficient (Wildman–Crippen LogP) is 2.78. The van der Waals surface area contributed by atoms with Crippen LogP contribution in [0.3, 0.4) is 0 Å². The van der Waals surface area contributed by atoms with Crippen LogP contribution in [-0.2, 0) is 0 Å². The second-order valence-corrected chi connectivity index (χ2v) is 5.53. The summed E-state index contributed by atoms with van der Waals surface area (Å²) in [5.74, 6) is -0.295. The van der Waals surface area contributed by atoms with Gasteiger partial charge in [0.25, 0.3) is 0 Å². The van der Waals surface area contributed by atoms with Gasteiger partial charge >= 0.3 is 0 Å². The predicted molar refractivity (Wildman–Crippen MR) is 66.2 cm³/mol. The minimum absolute atomic E-state index is 0.0144. The number of nitrogens with one attached hydrogen (secondary N) is 1. The maximum absolute atomic E-state index is 13.1. The summed E-state index contributed by atoms with van der Waals surface area (Å²) in [5, 5.41) is 13.7. The Hall–Kier alpha value is -0.930. The first-order valence-corrected chi connectivity index (χ1v) is 6.19. The fourth-order valence-corrected chi connectivity index (χ4v) is 2.57. The molecule has 1 fully saturated rings. The third kappa shape index (κ3) is 3.05. The molecule has 3 heteroatoms. The van der Waals surface area contributed by atoms with E-state index in [1.807, 2.05) is 0 Å². The van der Waals surface area contributed by atoms with E-state index in [9.17, 15) is 9.50 Å². The molecule has 1 aromatic carbocycles. The minimum Gasteiger partial charge on any atom is -0.387 e. The maximum Gasteiger partial charge on any atom is 0.123 e. The van der Waals surface area contributed by atoms with Gasteiger partial charge in [-0.25, -0.2) is 4.39 Å². The molecule has 1 aliphatic rings. The fourth-order valence-electron chi connectivity index (χ4n) is 2.57. The molecule has 0 spiro atoms. The van der Waals surface area contributed by atoms with Crippen molar-refractivity contribution >= 4 is 0 Å². The molecule has 2 rings (SSSR count). The Morgan fingerprint density at radius 3 is 2.88 bits per heavy atom. The minimum atomic E-state index is -0.634. The van der Waals surface area contributed by atoms with E-state index in [1.54, 1.807) is 12.1 Å². The number of halogens is 1. The molecule has 0 unspecified atom stereocenters. The monoisotopic (exact) mass is 237 g/mol. The SMILES string of the molecule is CC1(C)CCC[C@H]([C@@H](O)c2cccc(F)c2)N1. The van der Waals surface area contributed by atoms with Crippen molar-refractivity contribution in [1.82, 2.24) is 5.32 Å². The first kappa shape index (κ1) is 12.5. The third-order valence-electron chi connectivity index (χ3n) is 3.46. The number of aliphatic hydroxyl groups is 1. The van der Waals surface area contributed by atoms with Gasteiger partial charge in [-0.05, 0) is 50.8 Å². The van der Waals surface area contributed by atoms with Gasteiger partial charge in [0.2, 0.25) is 0 Å². The summed E-state index contributed by atoms with van der Waals surface area (Å²) < 4.78 is 13.1. The van der Waals surface area contributed by atoms with Gasteiger partial charge in [0.05, 0.1) is 6.10 Å². The number of piperidine rings is 1. The lowest BCUT2D eigenvalue weighted by Gasteiger charge is -2.39. The molecule has 2 atom stereocenters. The molecule has 0 amide bonds. The lowest BCUT2D eigenvalue weighted by Crippen LogP contribution is -2.51. The van der Waals surface area contributed by atoms with Crippen LogP contribution >= 0.6 is 0 Å². The van der Waals surface area contributed by atoms with Crippen molar-refractivity contribution in [3.63, 3.8) is 0 Å². The molecule has 2 N–H and O–H groups in total. The van der Waals surface area contributed by atoms with Crippen molar-refractivity contribution < 1.29 is 9.50 Å². The Morgan fingerprint density at radius 1 is 1.47 bits per heavy atom. The summed E-state index contributed by atoms with van der Waals surface area (Å²) >= 11 is 0. The molecule has 1 saturated heterocycles. The molecule has 0 radical (unpaired) electrons. The van der Waals surface area contributed by atoms with Crippen LogP contribution in [0.2, 0.25) is 0 Å². The summed E-state index contributed by atoms with van der Waals surface area (Å²) in [6.45, 7) is 4.27. The van der Waals surface area contributed by atoms with Crippen molar-refractivity contribution in [2.45, 2.75) is 50.8 Å². The van der Waals surface area contributed by atoms with Crippen molar-refractivity contribution in [2.24, 2.45) is 0 Å². The Bertz CT molecular complexity index is 392. The quantitative estimate of drug-likeness (QED) is 0.829. The zero-order chi connectivity index (χ0) is 12.5. The molecule has 0 saturated carbocycles. The first-order valence-electron chi connectivity index (χ1n) is 6.19. The van der Waals surface area contributed by atoms with Crippen molar-refractivity contribution in [3.8, 4) is 0 Å². The van der Waals surface area contributed by atoms with Crippen LogP contribution < -0.4 is 5.32 Å². The van der Waals surface area contributed by atoms with E-state index in [1.165, 1.54) is 12.1 Å².